The average Bonchev–Trinajstić information content (AvgIpc) is 3.41. The summed E-state index contributed by atoms with van der Waals surface area (Å²) in [6.45, 7) is 3.57. The highest BCUT2D eigenvalue weighted by atomic mass is 32.2. The van der Waals surface area contributed by atoms with Crippen LogP contribution in [0.25, 0.3) is 16.6 Å². The molecule has 29 heavy (non-hydrogen) atoms. The molecule has 3 heterocycles. The first-order valence-electron chi connectivity index (χ1n) is 8.61. The molecule has 0 aliphatic rings. The summed E-state index contributed by atoms with van der Waals surface area (Å²) >= 11 is 1.34. The minimum atomic E-state index is -3.82. The number of hydrogen-bond donors (Lipinski definition) is 1. The highest BCUT2D eigenvalue weighted by molar-refractivity contribution is 7.92. The molecule has 0 radical (unpaired) electrons. The molecule has 0 saturated heterocycles. The van der Waals surface area contributed by atoms with Crippen molar-refractivity contribution in [1.29, 1.82) is 0 Å². The molecule has 0 saturated carbocycles. The lowest BCUT2D eigenvalue weighted by Crippen LogP contribution is -2.16. The van der Waals surface area contributed by atoms with Gasteiger partial charge in [0.1, 0.15) is 17.3 Å². The van der Waals surface area contributed by atoms with E-state index in [1.54, 1.807) is 51.5 Å². The molecular formula is C19H18N4O4S2. The lowest BCUT2D eigenvalue weighted by atomic mass is 10.2. The number of hydrogen-bond acceptors (Lipinski definition) is 7. The van der Waals surface area contributed by atoms with Crippen molar-refractivity contribution >= 4 is 27.2 Å². The molecule has 150 valence electrons. The van der Waals surface area contributed by atoms with Crippen LogP contribution < -0.4 is 9.46 Å². The van der Waals surface area contributed by atoms with Crippen molar-refractivity contribution in [3.63, 3.8) is 0 Å². The molecule has 0 aliphatic carbocycles. The molecule has 4 aromatic rings. The third kappa shape index (κ3) is 3.76. The lowest BCUT2D eigenvalue weighted by Gasteiger charge is -2.11. The van der Waals surface area contributed by atoms with E-state index in [9.17, 15) is 8.42 Å². The van der Waals surface area contributed by atoms with E-state index in [0.717, 1.165) is 5.56 Å². The minimum absolute atomic E-state index is 0.136. The van der Waals surface area contributed by atoms with Gasteiger partial charge in [0.25, 0.3) is 10.0 Å². The zero-order valence-corrected chi connectivity index (χ0v) is 17.5. The molecule has 0 fully saturated rings. The van der Waals surface area contributed by atoms with Crippen LogP contribution in [0.3, 0.4) is 0 Å². The van der Waals surface area contributed by atoms with E-state index in [1.807, 2.05) is 11.4 Å². The van der Waals surface area contributed by atoms with Crippen molar-refractivity contribution in [3.8, 4) is 22.3 Å². The number of rotatable bonds is 6. The van der Waals surface area contributed by atoms with Crippen molar-refractivity contribution in [1.82, 2.24) is 14.8 Å². The number of nitrogens with one attached hydrogen (secondary N) is 1. The summed E-state index contributed by atoms with van der Waals surface area (Å²) in [7, 11) is -2.28. The van der Waals surface area contributed by atoms with E-state index < -0.39 is 10.0 Å². The van der Waals surface area contributed by atoms with Crippen molar-refractivity contribution in [2.24, 2.45) is 0 Å². The fraction of sp³-hybridized carbons (Fsp3) is 0.158. The first-order valence-corrected chi connectivity index (χ1v) is 11.0. The number of aromatic nitrogens is 3. The summed E-state index contributed by atoms with van der Waals surface area (Å²) in [5.74, 6) is 1.56. The van der Waals surface area contributed by atoms with Gasteiger partial charge in [0.2, 0.25) is 5.13 Å². The van der Waals surface area contributed by atoms with Gasteiger partial charge in [-0.05, 0) is 49.7 Å². The summed E-state index contributed by atoms with van der Waals surface area (Å²) in [5, 5.41) is 6.74. The van der Waals surface area contributed by atoms with E-state index >= 15 is 0 Å². The molecule has 3 aromatic heterocycles. The molecule has 0 spiro atoms. The summed E-state index contributed by atoms with van der Waals surface area (Å²) in [6.07, 6.45) is 1.57. The number of ether oxygens (including phenoxy) is 1. The molecule has 4 rings (SSSR count). The highest BCUT2D eigenvalue weighted by Crippen LogP contribution is 2.28. The van der Waals surface area contributed by atoms with Gasteiger partial charge >= 0.3 is 0 Å². The smallest absolute Gasteiger partial charge is 0.263 e. The first-order chi connectivity index (χ1) is 13.9. The Hall–Kier alpha value is -3.11. The van der Waals surface area contributed by atoms with Gasteiger partial charge in [-0.25, -0.2) is 13.4 Å². The average molecular weight is 431 g/mol. The number of benzene rings is 1. The van der Waals surface area contributed by atoms with Crippen LogP contribution in [0.2, 0.25) is 0 Å². The van der Waals surface area contributed by atoms with Gasteiger partial charge in [-0.15, -0.1) is 11.3 Å². The number of aryl methyl sites for hydroxylation is 2. The van der Waals surface area contributed by atoms with Gasteiger partial charge in [-0.2, -0.15) is 9.78 Å². The van der Waals surface area contributed by atoms with E-state index in [0.29, 0.717) is 33.8 Å². The number of furan rings is 1. The lowest BCUT2D eigenvalue weighted by molar-refractivity contribution is 0.411. The number of methoxy groups -OCH3 is 1. The fourth-order valence-electron chi connectivity index (χ4n) is 2.83. The van der Waals surface area contributed by atoms with Gasteiger partial charge in [0, 0.05) is 11.4 Å². The molecule has 0 atom stereocenters. The normalized spacial score (nSPS) is 11.6. The topological polar surface area (TPSA) is 99.2 Å². The molecule has 1 aromatic carbocycles. The number of nitrogens with zero attached hydrogens (tertiary/aromatic N) is 3. The zero-order chi connectivity index (χ0) is 20.6. The van der Waals surface area contributed by atoms with Gasteiger partial charge in [0.15, 0.2) is 5.76 Å². The number of thiazole rings is 1. The van der Waals surface area contributed by atoms with Crippen LogP contribution in [0.4, 0.5) is 5.82 Å². The highest BCUT2D eigenvalue weighted by Gasteiger charge is 2.20. The van der Waals surface area contributed by atoms with Crippen molar-refractivity contribution in [2.75, 3.05) is 11.8 Å². The SMILES string of the molecule is COc1ccc(S(=O)(=O)Nc2cc(C)nn2-c2nc(-c3ccco3)cs2)cc1C. The Morgan fingerprint density at radius 1 is 1.21 bits per heavy atom. The van der Waals surface area contributed by atoms with Crippen LogP contribution >= 0.6 is 11.3 Å². The zero-order valence-electron chi connectivity index (χ0n) is 15.9. The fourth-order valence-corrected chi connectivity index (χ4v) is 4.73. The molecule has 0 amide bonds. The second-order valence-corrected chi connectivity index (χ2v) is 8.83. The van der Waals surface area contributed by atoms with Crippen molar-refractivity contribution in [2.45, 2.75) is 18.7 Å². The molecule has 1 N–H and O–H groups in total. The van der Waals surface area contributed by atoms with Crippen LogP contribution in [0.1, 0.15) is 11.3 Å². The minimum Gasteiger partial charge on any atom is -0.496 e. The predicted octanol–water partition coefficient (Wildman–Crippen LogP) is 4.02. The Balaban J connectivity index is 1.68. The Morgan fingerprint density at radius 3 is 2.72 bits per heavy atom. The Bertz CT molecular complexity index is 1260. The van der Waals surface area contributed by atoms with Gasteiger partial charge in [-0.1, -0.05) is 0 Å². The number of anilines is 1. The van der Waals surface area contributed by atoms with E-state index in [2.05, 4.69) is 14.8 Å². The van der Waals surface area contributed by atoms with Crippen LogP contribution in [-0.4, -0.2) is 30.3 Å². The maximum absolute atomic E-state index is 12.9. The monoisotopic (exact) mass is 430 g/mol. The van der Waals surface area contributed by atoms with Gasteiger partial charge in [0.05, 0.1) is 24.0 Å². The molecule has 8 nitrogen and oxygen atoms in total. The maximum atomic E-state index is 12.9. The van der Waals surface area contributed by atoms with E-state index in [1.165, 1.54) is 22.1 Å². The number of sulfonamides is 1. The quantitative estimate of drug-likeness (QED) is 0.496. The predicted molar refractivity (Wildman–Crippen MR) is 110 cm³/mol. The summed E-state index contributed by atoms with van der Waals surface area (Å²) in [6, 6.07) is 9.93. The van der Waals surface area contributed by atoms with Crippen molar-refractivity contribution in [3.05, 3.63) is 59.3 Å². The summed E-state index contributed by atoms with van der Waals surface area (Å²) in [5.41, 5.74) is 2.04. The summed E-state index contributed by atoms with van der Waals surface area (Å²) < 4.78 is 40.5. The third-order valence-corrected chi connectivity index (χ3v) is 6.36. The third-order valence-electron chi connectivity index (χ3n) is 4.19. The molecule has 10 heteroatoms. The van der Waals surface area contributed by atoms with Crippen molar-refractivity contribution < 1.29 is 17.6 Å². The Morgan fingerprint density at radius 2 is 2.03 bits per heavy atom. The van der Waals surface area contributed by atoms with Gasteiger partial charge in [-0.3, -0.25) is 4.72 Å². The largest absolute Gasteiger partial charge is 0.496 e. The van der Waals surface area contributed by atoms with Gasteiger partial charge < -0.3 is 9.15 Å². The molecule has 0 unspecified atom stereocenters. The Labute approximate surface area is 171 Å². The second kappa shape index (κ2) is 7.37. The van der Waals surface area contributed by atoms with Crippen LogP contribution in [-0.2, 0) is 10.0 Å². The standard InChI is InChI=1S/C19H18N4O4S2/c1-12-9-14(6-7-16(12)26-3)29(24,25)22-18-10-13(2)21-23(18)19-20-15(11-28-19)17-5-4-8-27-17/h4-11,22H,1-3H3. The van der Waals surface area contributed by atoms with Crippen LogP contribution in [0, 0.1) is 13.8 Å². The van der Waals surface area contributed by atoms with Crippen LogP contribution in [0.15, 0.2) is 57.4 Å². The van der Waals surface area contributed by atoms with E-state index in [-0.39, 0.29) is 4.90 Å². The maximum Gasteiger partial charge on any atom is 0.263 e. The molecule has 0 aliphatic heterocycles. The first kappa shape index (κ1) is 19.2. The second-order valence-electron chi connectivity index (χ2n) is 6.31. The van der Waals surface area contributed by atoms with E-state index in [4.69, 9.17) is 9.15 Å². The summed E-state index contributed by atoms with van der Waals surface area (Å²) in [4.78, 5) is 4.65. The van der Waals surface area contributed by atoms with Crippen LogP contribution in [0.5, 0.6) is 5.75 Å². The molecule has 0 bridgehead atoms. The molecular weight excluding hydrogens is 412 g/mol. The Kier molecular flexibility index (Phi) is 4.89.